The number of esters is 1. The zero-order valence-electron chi connectivity index (χ0n) is 12.1. The van der Waals surface area contributed by atoms with Crippen molar-refractivity contribution < 1.29 is 14.3 Å². The van der Waals surface area contributed by atoms with Gasteiger partial charge in [0.25, 0.3) is 0 Å². The Labute approximate surface area is 120 Å². The lowest BCUT2D eigenvalue weighted by molar-refractivity contribution is -0.149. The molecular weight excluding hydrogens is 262 g/mol. The van der Waals surface area contributed by atoms with Gasteiger partial charge in [-0.15, -0.1) is 0 Å². The molecule has 0 aliphatic carbocycles. The minimum Gasteiger partial charge on any atom is -0.466 e. The molecule has 0 bridgehead atoms. The molecule has 0 amide bonds. The van der Waals surface area contributed by atoms with Crippen LogP contribution in [-0.4, -0.2) is 36.5 Å². The van der Waals surface area contributed by atoms with Crippen LogP contribution in [0.3, 0.4) is 0 Å². The third kappa shape index (κ3) is 5.53. The van der Waals surface area contributed by atoms with E-state index in [1.807, 2.05) is 6.92 Å². The fourth-order valence-corrected chi connectivity index (χ4v) is 3.44. The Hall–Kier alpha value is -0.550. The Morgan fingerprint density at radius 3 is 2.53 bits per heavy atom. The maximum Gasteiger partial charge on any atom is 0.310 e. The van der Waals surface area contributed by atoms with Crippen molar-refractivity contribution >= 4 is 22.8 Å². The van der Waals surface area contributed by atoms with Crippen LogP contribution in [0.5, 0.6) is 0 Å². The Bertz CT molecular complexity index is 303. The largest absolute Gasteiger partial charge is 0.466 e. The number of carbonyl (C=O) groups excluding carboxylic acids is 2. The van der Waals surface area contributed by atoms with E-state index in [9.17, 15) is 9.59 Å². The van der Waals surface area contributed by atoms with E-state index in [-0.39, 0.29) is 22.9 Å². The van der Waals surface area contributed by atoms with Gasteiger partial charge < -0.3 is 10.1 Å². The van der Waals surface area contributed by atoms with Crippen LogP contribution >= 0.6 is 11.8 Å². The zero-order valence-corrected chi connectivity index (χ0v) is 12.9. The molecule has 0 aromatic heterocycles. The monoisotopic (exact) mass is 287 g/mol. The summed E-state index contributed by atoms with van der Waals surface area (Å²) in [4.78, 5) is 23.2. The summed E-state index contributed by atoms with van der Waals surface area (Å²) in [6.07, 6.45) is 2.20. The van der Waals surface area contributed by atoms with E-state index >= 15 is 0 Å². The van der Waals surface area contributed by atoms with Crippen LogP contribution in [0.15, 0.2) is 0 Å². The molecule has 1 aliphatic rings. The van der Waals surface area contributed by atoms with E-state index in [2.05, 4.69) is 12.2 Å². The number of hydrogen-bond acceptors (Lipinski definition) is 5. The van der Waals surface area contributed by atoms with Gasteiger partial charge in [0.05, 0.1) is 12.5 Å². The SMILES string of the molecule is CCOC(=O)C(CSC(C)=O)C(C)C1CCNCC1. The molecule has 1 saturated heterocycles. The predicted molar refractivity (Wildman–Crippen MR) is 78.0 cm³/mol. The van der Waals surface area contributed by atoms with E-state index in [0.717, 1.165) is 25.9 Å². The second-order valence-electron chi connectivity index (χ2n) is 5.11. The predicted octanol–water partition coefficient (Wildman–Crippen LogP) is 2.08. The Kier molecular flexibility index (Phi) is 7.46. The molecule has 1 aliphatic heterocycles. The van der Waals surface area contributed by atoms with Crippen LogP contribution in [-0.2, 0) is 14.3 Å². The van der Waals surface area contributed by atoms with Gasteiger partial charge in [-0.1, -0.05) is 18.7 Å². The van der Waals surface area contributed by atoms with Crippen LogP contribution in [0.25, 0.3) is 0 Å². The van der Waals surface area contributed by atoms with Gasteiger partial charge in [0.15, 0.2) is 5.12 Å². The first-order valence-electron chi connectivity index (χ1n) is 7.07. The van der Waals surface area contributed by atoms with Gasteiger partial charge in [-0.05, 0) is 44.7 Å². The van der Waals surface area contributed by atoms with E-state index in [4.69, 9.17) is 4.74 Å². The molecule has 1 N–H and O–H groups in total. The summed E-state index contributed by atoms with van der Waals surface area (Å²) in [5.74, 6) is 1.04. The number of rotatable bonds is 6. The van der Waals surface area contributed by atoms with Crippen LogP contribution in [0.4, 0.5) is 0 Å². The maximum absolute atomic E-state index is 12.1. The van der Waals surface area contributed by atoms with Crippen LogP contribution in [0.1, 0.15) is 33.6 Å². The fraction of sp³-hybridized carbons (Fsp3) is 0.857. The molecule has 4 nitrogen and oxygen atoms in total. The van der Waals surface area contributed by atoms with Crippen molar-refractivity contribution in [2.24, 2.45) is 17.8 Å². The number of nitrogens with one attached hydrogen (secondary N) is 1. The maximum atomic E-state index is 12.1. The molecule has 1 heterocycles. The minimum atomic E-state index is -0.169. The fourth-order valence-electron chi connectivity index (χ4n) is 2.59. The summed E-state index contributed by atoms with van der Waals surface area (Å²) in [5, 5.41) is 3.40. The van der Waals surface area contributed by atoms with Gasteiger partial charge >= 0.3 is 5.97 Å². The second-order valence-corrected chi connectivity index (χ2v) is 6.30. The van der Waals surface area contributed by atoms with Gasteiger partial charge in [-0.2, -0.15) is 0 Å². The number of hydrogen-bond donors (Lipinski definition) is 1. The van der Waals surface area contributed by atoms with E-state index in [1.54, 1.807) is 6.92 Å². The number of ether oxygens (including phenoxy) is 1. The standard InChI is InChI=1S/C14H25NO3S/c1-4-18-14(17)13(9-19-11(3)16)10(2)12-5-7-15-8-6-12/h10,12-13,15H,4-9H2,1-3H3. The van der Waals surface area contributed by atoms with E-state index in [0.29, 0.717) is 18.3 Å². The summed E-state index contributed by atoms with van der Waals surface area (Å²) in [6.45, 7) is 7.93. The molecule has 110 valence electrons. The lowest BCUT2D eigenvalue weighted by atomic mass is 9.79. The normalized spacial score (nSPS) is 19.7. The molecule has 1 fully saturated rings. The number of carbonyl (C=O) groups is 2. The molecule has 0 radical (unpaired) electrons. The molecule has 1 rings (SSSR count). The van der Waals surface area contributed by atoms with E-state index in [1.165, 1.54) is 11.8 Å². The molecular formula is C14H25NO3S. The summed E-state index contributed by atoms with van der Waals surface area (Å²) in [5.41, 5.74) is 0. The highest BCUT2D eigenvalue weighted by Gasteiger charge is 2.32. The topological polar surface area (TPSA) is 55.4 Å². The van der Waals surface area contributed by atoms with Crippen molar-refractivity contribution in [1.29, 1.82) is 0 Å². The lowest BCUT2D eigenvalue weighted by Gasteiger charge is -2.32. The summed E-state index contributed by atoms with van der Waals surface area (Å²) in [7, 11) is 0. The molecule has 0 saturated carbocycles. The summed E-state index contributed by atoms with van der Waals surface area (Å²) < 4.78 is 5.17. The third-order valence-corrected chi connectivity index (χ3v) is 4.75. The van der Waals surface area contributed by atoms with Crippen LogP contribution in [0.2, 0.25) is 0 Å². The smallest absolute Gasteiger partial charge is 0.310 e. The third-order valence-electron chi connectivity index (χ3n) is 3.82. The zero-order chi connectivity index (χ0) is 14.3. The molecule has 2 unspecified atom stereocenters. The second kappa shape index (κ2) is 8.59. The lowest BCUT2D eigenvalue weighted by Crippen LogP contribution is -2.37. The van der Waals surface area contributed by atoms with Crippen LogP contribution < -0.4 is 5.32 Å². The van der Waals surface area contributed by atoms with Gasteiger partial charge in [0.2, 0.25) is 0 Å². The van der Waals surface area contributed by atoms with Crippen molar-refractivity contribution in [1.82, 2.24) is 5.32 Å². The van der Waals surface area contributed by atoms with Crippen molar-refractivity contribution in [2.75, 3.05) is 25.4 Å². The van der Waals surface area contributed by atoms with Crippen molar-refractivity contribution in [2.45, 2.75) is 33.6 Å². The first-order chi connectivity index (χ1) is 9.06. The molecule has 0 aromatic carbocycles. The average Bonchev–Trinajstić information content (AvgIpc) is 2.39. The molecule has 0 aromatic rings. The van der Waals surface area contributed by atoms with Gasteiger partial charge in [0, 0.05) is 12.7 Å². The van der Waals surface area contributed by atoms with E-state index < -0.39 is 0 Å². The van der Waals surface area contributed by atoms with Crippen LogP contribution in [0, 0.1) is 17.8 Å². The molecule has 0 spiro atoms. The van der Waals surface area contributed by atoms with Crippen molar-refractivity contribution in [3.05, 3.63) is 0 Å². The summed E-state index contributed by atoms with van der Waals surface area (Å²) >= 11 is 1.23. The van der Waals surface area contributed by atoms with Crippen molar-refractivity contribution in [3.8, 4) is 0 Å². The van der Waals surface area contributed by atoms with Crippen molar-refractivity contribution in [3.63, 3.8) is 0 Å². The Morgan fingerprint density at radius 2 is 2.00 bits per heavy atom. The highest BCUT2D eigenvalue weighted by Crippen LogP contribution is 2.31. The average molecular weight is 287 g/mol. The molecule has 2 atom stereocenters. The summed E-state index contributed by atoms with van der Waals surface area (Å²) in [6, 6.07) is 0. The molecule has 19 heavy (non-hydrogen) atoms. The van der Waals surface area contributed by atoms with Gasteiger partial charge in [-0.25, -0.2) is 0 Å². The highest BCUT2D eigenvalue weighted by molar-refractivity contribution is 8.13. The Balaban J connectivity index is 2.63. The first-order valence-corrected chi connectivity index (χ1v) is 8.05. The van der Waals surface area contributed by atoms with Gasteiger partial charge in [0.1, 0.15) is 0 Å². The number of thioether (sulfide) groups is 1. The Morgan fingerprint density at radius 1 is 1.37 bits per heavy atom. The molecule has 5 heteroatoms. The highest BCUT2D eigenvalue weighted by atomic mass is 32.2. The van der Waals surface area contributed by atoms with Gasteiger partial charge in [-0.3, -0.25) is 9.59 Å². The minimum absolute atomic E-state index is 0.0619. The quantitative estimate of drug-likeness (QED) is 0.758. The number of piperidine rings is 1. The first kappa shape index (κ1) is 16.5.